The molecule has 0 saturated heterocycles. The molecule has 0 aliphatic rings. The minimum atomic E-state index is 1.10. The first-order valence-corrected chi connectivity index (χ1v) is 21.3. The topological polar surface area (TPSA) is 3.24 Å². The lowest BCUT2D eigenvalue weighted by atomic mass is 9.97. The Kier molecular flexibility index (Phi) is 9.11. The number of anilines is 3. The van der Waals surface area contributed by atoms with Crippen LogP contribution in [0.1, 0.15) is 0 Å². The quantitative estimate of drug-likeness (QED) is 0.148. The number of hydrogen-bond donors (Lipinski definition) is 0. The van der Waals surface area contributed by atoms with Crippen LogP contribution in [0.5, 0.6) is 0 Å². The van der Waals surface area contributed by atoms with E-state index in [0.29, 0.717) is 0 Å². The van der Waals surface area contributed by atoms with Crippen LogP contribution in [0, 0.1) is 0 Å². The van der Waals surface area contributed by atoms with E-state index in [2.05, 4.69) is 241 Å². The van der Waals surface area contributed by atoms with Gasteiger partial charge < -0.3 is 4.90 Å². The van der Waals surface area contributed by atoms with E-state index in [1.807, 2.05) is 11.3 Å². The van der Waals surface area contributed by atoms with Crippen LogP contribution in [0.4, 0.5) is 17.1 Å². The Hall–Kier alpha value is -7.52. The number of benzene rings is 10. The lowest BCUT2D eigenvalue weighted by Gasteiger charge is -2.26. The van der Waals surface area contributed by atoms with Crippen molar-refractivity contribution < 1.29 is 0 Å². The fraction of sp³-hybridized carbons (Fsp3) is 0. The molecule has 0 amide bonds. The van der Waals surface area contributed by atoms with Crippen molar-refractivity contribution in [2.45, 2.75) is 0 Å². The van der Waals surface area contributed by atoms with E-state index in [-0.39, 0.29) is 0 Å². The molecule has 0 fully saturated rings. The Morgan fingerprint density at radius 1 is 0.233 bits per heavy atom. The van der Waals surface area contributed by atoms with Gasteiger partial charge in [-0.15, -0.1) is 11.3 Å². The molecule has 1 nitrogen and oxygen atoms in total. The van der Waals surface area contributed by atoms with E-state index >= 15 is 0 Å². The average molecular weight is 782 g/mol. The molecular weight excluding hydrogens is 743 g/mol. The van der Waals surface area contributed by atoms with E-state index in [0.717, 1.165) is 17.1 Å². The largest absolute Gasteiger partial charge is 0.311 e. The molecule has 0 radical (unpaired) electrons. The van der Waals surface area contributed by atoms with Crippen molar-refractivity contribution in [2.75, 3.05) is 4.90 Å². The van der Waals surface area contributed by atoms with Crippen molar-refractivity contribution in [1.82, 2.24) is 0 Å². The first-order valence-electron chi connectivity index (χ1n) is 20.5. The van der Waals surface area contributed by atoms with Crippen LogP contribution in [0.2, 0.25) is 0 Å². The fourth-order valence-electron chi connectivity index (χ4n) is 8.52. The maximum absolute atomic E-state index is 2.36. The molecule has 0 saturated carbocycles. The molecule has 282 valence electrons. The number of thiophene rings is 1. The average Bonchev–Trinajstić information content (AvgIpc) is 3.71. The monoisotopic (exact) mass is 781 g/mol. The van der Waals surface area contributed by atoms with Crippen molar-refractivity contribution in [3.8, 4) is 55.6 Å². The molecule has 0 aliphatic carbocycles. The van der Waals surface area contributed by atoms with Crippen LogP contribution < -0.4 is 4.90 Å². The predicted molar refractivity (Wildman–Crippen MR) is 259 cm³/mol. The highest BCUT2D eigenvalue weighted by molar-refractivity contribution is 7.25. The summed E-state index contributed by atoms with van der Waals surface area (Å²) in [5, 5.41) is 5.15. The van der Waals surface area contributed by atoms with Crippen molar-refractivity contribution in [1.29, 1.82) is 0 Å². The van der Waals surface area contributed by atoms with Gasteiger partial charge in [0.1, 0.15) is 0 Å². The van der Waals surface area contributed by atoms with Crippen molar-refractivity contribution in [3.63, 3.8) is 0 Å². The molecule has 0 aliphatic heterocycles. The Bertz CT molecular complexity index is 3290. The zero-order valence-corrected chi connectivity index (χ0v) is 33.7. The summed E-state index contributed by atoms with van der Waals surface area (Å²) in [7, 11) is 0. The fourth-order valence-corrected chi connectivity index (χ4v) is 9.60. The Morgan fingerprint density at radius 2 is 0.633 bits per heavy atom. The normalized spacial score (nSPS) is 11.3. The van der Waals surface area contributed by atoms with Gasteiger partial charge in [0.15, 0.2) is 0 Å². The van der Waals surface area contributed by atoms with E-state index in [4.69, 9.17) is 0 Å². The highest BCUT2D eigenvalue weighted by Gasteiger charge is 2.15. The summed E-state index contributed by atoms with van der Waals surface area (Å²) in [6.45, 7) is 0. The summed E-state index contributed by atoms with van der Waals surface area (Å²) in [4.78, 5) is 2.36. The molecule has 0 atom stereocenters. The van der Waals surface area contributed by atoms with Gasteiger partial charge in [-0.05, 0) is 139 Å². The highest BCUT2D eigenvalue weighted by Crippen LogP contribution is 2.40. The van der Waals surface area contributed by atoms with Crippen molar-refractivity contribution in [2.24, 2.45) is 0 Å². The second-order valence-electron chi connectivity index (χ2n) is 15.4. The molecule has 0 bridgehead atoms. The van der Waals surface area contributed by atoms with Crippen LogP contribution in [-0.2, 0) is 0 Å². The first-order chi connectivity index (χ1) is 29.7. The number of fused-ring (bicyclic) bond motifs is 4. The Morgan fingerprint density at radius 3 is 1.23 bits per heavy atom. The van der Waals surface area contributed by atoms with Gasteiger partial charge in [0, 0.05) is 37.2 Å². The first kappa shape index (κ1) is 35.6. The van der Waals surface area contributed by atoms with Gasteiger partial charge in [-0.3, -0.25) is 0 Å². The lowest BCUT2D eigenvalue weighted by Crippen LogP contribution is -2.09. The zero-order valence-electron chi connectivity index (χ0n) is 32.9. The SMILES string of the molecule is c1ccc(-c2cccc(-c3ccc(N(c4ccc(-c5cccc(-c6ccc7ccccc7c6)c5)cc4)c4ccc(-c5ccc6sc7ccccc7c6c5)cc4)cc3)c2)cc1. The molecule has 2 heteroatoms. The summed E-state index contributed by atoms with van der Waals surface area (Å²) in [5.74, 6) is 0. The molecule has 11 aromatic rings. The highest BCUT2D eigenvalue weighted by atomic mass is 32.1. The molecule has 0 N–H and O–H groups in total. The standard InChI is InChI=1S/C58H39NS/c1-2-10-40(11-3-1)46-14-8-15-47(36-46)42-22-29-52(30-23-42)59(54-33-26-44(27-34-54)51-28-35-58-56(39-51)55-18-6-7-19-57(55)60-58)53-31-24-43(25-32-53)48-16-9-17-49(37-48)50-21-20-41-12-4-5-13-45(41)38-50/h1-39H. The van der Waals surface area contributed by atoms with Gasteiger partial charge in [0.25, 0.3) is 0 Å². The van der Waals surface area contributed by atoms with Gasteiger partial charge in [0.2, 0.25) is 0 Å². The third-order valence-corrected chi connectivity index (χ3v) is 12.8. The van der Waals surface area contributed by atoms with Gasteiger partial charge in [0.05, 0.1) is 0 Å². The molecule has 11 rings (SSSR count). The number of nitrogens with zero attached hydrogens (tertiary/aromatic N) is 1. The third kappa shape index (κ3) is 6.83. The van der Waals surface area contributed by atoms with Crippen LogP contribution in [0.15, 0.2) is 237 Å². The van der Waals surface area contributed by atoms with E-state index in [1.165, 1.54) is 86.6 Å². The number of rotatable bonds is 8. The molecule has 60 heavy (non-hydrogen) atoms. The summed E-state index contributed by atoms with van der Waals surface area (Å²) in [6, 6.07) is 86.1. The van der Waals surface area contributed by atoms with E-state index < -0.39 is 0 Å². The molecule has 0 spiro atoms. The molecule has 1 aromatic heterocycles. The van der Waals surface area contributed by atoms with E-state index in [9.17, 15) is 0 Å². The maximum atomic E-state index is 2.36. The summed E-state index contributed by atoms with van der Waals surface area (Å²) in [5.41, 5.74) is 15.4. The molecule has 10 aromatic carbocycles. The molecule has 0 unspecified atom stereocenters. The van der Waals surface area contributed by atoms with Gasteiger partial charge >= 0.3 is 0 Å². The third-order valence-electron chi connectivity index (χ3n) is 11.7. The van der Waals surface area contributed by atoms with Crippen molar-refractivity contribution >= 4 is 59.3 Å². The summed E-state index contributed by atoms with van der Waals surface area (Å²) in [6.07, 6.45) is 0. The molecule has 1 heterocycles. The van der Waals surface area contributed by atoms with Gasteiger partial charge in [-0.25, -0.2) is 0 Å². The number of hydrogen-bond acceptors (Lipinski definition) is 2. The minimum Gasteiger partial charge on any atom is -0.311 e. The summed E-state index contributed by atoms with van der Waals surface area (Å²) < 4.78 is 2.65. The lowest BCUT2D eigenvalue weighted by molar-refractivity contribution is 1.28. The Balaban J connectivity index is 0.942. The van der Waals surface area contributed by atoms with Gasteiger partial charge in [-0.2, -0.15) is 0 Å². The second kappa shape index (κ2) is 15.3. The van der Waals surface area contributed by atoms with Crippen LogP contribution in [0.25, 0.3) is 86.6 Å². The zero-order chi connectivity index (χ0) is 39.8. The smallest absolute Gasteiger partial charge is 0.0462 e. The molecular formula is C58H39NS. The Labute approximate surface area is 354 Å². The summed E-state index contributed by atoms with van der Waals surface area (Å²) >= 11 is 1.86. The van der Waals surface area contributed by atoms with Crippen LogP contribution >= 0.6 is 11.3 Å². The van der Waals surface area contributed by atoms with Crippen LogP contribution in [-0.4, -0.2) is 0 Å². The predicted octanol–water partition coefficient (Wildman–Crippen LogP) is 17.0. The minimum absolute atomic E-state index is 1.10. The van der Waals surface area contributed by atoms with Crippen LogP contribution in [0.3, 0.4) is 0 Å². The van der Waals surface area contributed by atoms with Crippen molar-refractivity contribution in [3.05, 3.63) is 237 Å². The maximum Gasteiger partial charge on any atom is 0.0462 e. The van der Waals surface area contributed by atoms with Gasteiger partial charge in [-0.1, -0.05) is 164 Å². The second-order valence-corrected chi connectivity index (χ2v) is 16.5. The van der Waals surface area contributed by atoms with E-state index in [1.54, 1.807) is 0 Å².